The van der Waals surface area contributed by atoms with E-state index in [4.69, 9.17) is 10.1 Å². The fourth-order valence-electron chi connectivity index (χ4n) is 1.54. The fourth-order valence-corrected chi connectivity index (χ4v) is 1.73. The van der Waals surface area contributed by atoms with Crippen LogP contribution in [0.15, 0.2) is 51.7 Å². The lowest BCUT2D eigenvalue weighted by Gasteiger charge is -2.19. The van der Waals surface area contributed by atoms with Crippen LogP contribution in [0.3, 0.4) is 0 Å². The Morgan fingerprint density at radius 2 is 2.45 bits per heavy atom. The van der Waals surface area contributed by atoms with E-state index in [1.54, 1.807) is 25.6 Å². The van der Waals surface area contributed by atoms with Gasteiger partial charge in [0, 0.05) is 31.2 Å². The highest BCUT2D eigenvalue weighted by molar-refractivity contribution is 9.12. The van der Waals surface area contributed by atoms with Crippen LogP contribution in [0.1, 0.15) is 5.56 Å². The zero-order valence-corrected chi connectivity index (χ0v) is 12.4. The summed E-state index contributed by atoms with van der Waals surface area (Å²) < 4.78 is 5.69. The number of nitrogens with one attached hydrogen (secondary N) is 3. The van der Waals surface area contributed by atoms with Crippen LogP contribution in [-0.2, 0) is 11.3 Å². The number of hydrogen-bond donors (Lipinski definition) is 3. The molecule has 1 aromatic heterocycles. The van der Waals surface area contributed by atoms with E-state index in [1.807, 2.05) is 12.1 Å². The summed E-state index contributed by atoms with van der Waals surface area (Å²) in [6.07, 6.45) is 6.46. The lowest BCUT2D eigenvalue weighted by molar-refractivity contribution is 0.403. The first kappa shape index (κ1) is 14.3. The molecule has 0 saturated heterocycles. The third kappa shape index (κ3) is 3.67. The van der Waals surface area contributed by atoms with E-state index in [9.17, 15) is 0 Å². The van der Waals surface area contributed by atoms with E-state index in [0.29, 0.717) is 22.7 Å². The van der Waals surface area contributed by atoms with Gasteiger partial charge in [0.1, 0.15) is 5.82 Å². The number of methoxy groups -OCH3 is 1. The molecule has 2 rings (SSSR count). The molecule has 2 heterocycles. The Balaban J connectivity index is 2.10. The van der Waals surface area contributed by atoms with Gasteiger partial charge in [0.25, 0.3) is 0 Å². The third-order valence-corrected chi connectivity index (χ3v) is 3.12. The van der Waals surface area contributed by atoms with Crippen LogP contribution in [0.4, 0.5) is 0 Å². The maximum Gasteiger partial charge on any atom is 0.218 e. The van der Waals surface area contributed by atoms with Crippen molar-refractivity contribution in [1.29, 1.82) is 5.41 Å². The van der Waals surface area contributed by atoms with E-state index >= 15 is 0 Å². The zero-order chi connectivity index (χ0) is 14.4. The van der Waals surface area contributed by atoms with Crippen LogP contribution < -0.4 is 10.6 Å². The first-order valence-electron chi connectivity index (χ1n) is 5.87. The van der Waals surface area contributed by atoms with Crippen LogP contribution in [0.5, 0.6) is 0 Å². The highest BCUT2D eigenvalue weighted by Crippen LogP contribution is 2.14. The van der Waals surface area contributed by atoms with E-state index in [0.717, 1.165) is 11.4 Å². The molecule has 1 aromatic rings. The lowest BCUT2D eigenvalue weighted by Crippen LogP contribution is -2.30. The smallest absolute Gasteiger partial charge is 0.218 e. The summed E-state index contributed by atoms with van der Waals surface area (Å²) in [6, 6.07) is 3.87. The number of aromatic nitrogens is 1. The number of nitrogens with zero attached hydrogens (tertiary/aromatic N) is 2. The molecule has 0 radical (unpaired) electrons. The van der Waals surface area contributed by atoms with Crippen molar-refractivity contribution in [1.82, 2.24) is 15.6 Å². The van der Waals surface area contributed by atoms with Crippen molar-refractivity contribution < 1.29 is 4.74 Å². The molecule has 7 heteroatoms. The molecule has 6 nitrogen and oxygen atoms in total. The van der Waals surface area contributed by atoms with Crippen molar-refractivity contribution in [3.63, 3.8) is 0 Å². The second-order valence-electron chi connectivity index (χ2n) is 3.89. The molecular formula is C13H14BrN5O. The molecule has 0 aliphatic carbocycles. The molecule has 0 aromatic carbocycles. The van der Waals surface area contributed by atoms with Gasteiger partial charge >= 0.3 is 0 Å². The molecule has 20 heavy (non-hydrogen) atoms. The maximum absolute atomic E-state index is 7.24. The Morgan fingerprint density at radius 1 is 1.60 bits per heavy atom. The van der Waals surface area contributed by atoms with Crippen LogP contribution in [-0.4, -0.2) is 24.2 Å². The van der Waals surface area contributed by atoms with Gasteiger partial charge in [-0.05, 0) is 27.6 Å². The Bertz CT molecular complexity index is 580. The molecule has 1 aliphatic heterocycles. The Labute approximate surface area is 125 Å². The van der Waals surface area contributed by atoms with Crippen molar-refractivity contribution in [2.75, 3.05) is 7.11 Å². The molecule has 0 bridgehead atoms. The van der Waals surface area contributed by atoms with Gasteiger partial charge in [-0.3, -0.25) is 4.98 Å². The summed E-state index contributed by atoms with van der Waals surface area (Å²) in [5.74, 6) is 1.73. The summed E-state index contributed by atoms with van der Waals surface area (Å²) >= 11 is 3.26. The van der Waals surface area contributed by atoms with Crippen LogP contribution in [0.25, 0.3) is 0 Å². The highest BCUT2D eigenvalue weighted by atomic mass is 79.9. The quantitative estimate of drug-likeness (QED) is 0.733. The fraction of sp³-hybridized carbons (Fsp3) is 0.154. The first-order chi connectivity index (χ1) is 9.72. The predicted octanol–water partition coefficient (Wildman–Crippen LogP) is 1.87. The zero-order valence-electron chi connectivity index (χ0n) is 10.9. The van der Waals surface area contributed by atoms with Crippen molar-refractivity contribution >= 4 is 28.0 Å². The van der Waals surface area contributed by atoms with Gasteiger partial charge in [0.15, 0.2) is 5.82 Å². The van der Waals surface area contributed by atoms with Gasteiger partial charge in [0.2, 0.25) is 5.90 Å². The molecule has 0 fully saturated rings. The minimum Gasteiger partial charge on any atom is -0.481 e. The van der Waals surface area contributed by atoms with Crippen molar-refractivity contribution in [3.8, 4) is 0 Å². The van der Waals surface area contributed by atoms with Crippen molar-refractivity contribution in [3.05, 3.63) is 52.3 Å². The second kappa shape index (κ2) is 6.85. The standard InChI is InChI=1S/C13H14BrN5O/c1-20-12-5-11(18-13(19-12)10(14)6-15)17-8-9-3-2-4-16-7-9/h2-7,15,17-18H,8H2,1H3/b13-10-,15-6?. The monoisotopic (exact) mass is 335 g/mol. The summed E-state index contributed by atoms with van der Waals surface area (Å²) in [6.45, 7) is 0.624. The normalized spacial score (nSPS) is 16.5. The summed E-state index contributed by atoms with van der Waals surface area (Å²) in [4.78, 5) is 8.27. The van der Waals surface area contributed by atoms with Gasteiger partial charge in [0.05, 0.1) is 11.6 Å². The summed E-state index contributed by atoms with van der Waals surface area (Å²) in [5, 5.41) is 13.6. The molecule has 1 aliphatic rings. The number of allylic oxidation sites excluding steroid dienone is 1. The number of pyridine rings is 1. The highest BCUT2D eigenvalue weighted by Gasteiger charge is 2.12. The predicted molar refractivity (Wildman–Crippen MR) is 81.5 cm³/mol. The van der Waals surface area contributed by atoms with Crippen molar-refractivity contribution in [2.45, 2.75) is 6.54 Å². The van der Waals surface area contributed by atoms with Gasteiger partial charge in [-0.2, -0.15) is 4.99 Å². The largest absolute Gasteiger partial charge is 0.481 e. The minimum absolute atomic E-state index is 0.464. The molecule has 3 N–H and O–H groups in total. The van der Waals surface area contributed by atoms with E-state index in [1.165, 1.54) is 6.21 Å². The first-order valence-corrected chi connectivity index (χ1v) is 6.66. The molecule has 0 spiro atoms. The molecule has 0 unspecified atom stereocenters. The van der Waals surface area contributed by atoms with E-state index < -0.39 is 0 Å². The third-order valence-electron chi connectivity index (χ3n) is 2.51. The second-order valence-corrected chi connectivity index (χ2v) is 4.75. The lowest BCUT2D eigenvalue weighted by atomic mass is 10.3. The number of aliphatic imine (C=N–C) groups is 1. The topological polar surface area (TPSA) is 82.4 Å². The Hall–Kier alpha value is -2.15. The van der Waals surface area contributed by atoms with Gasteiger partial charge in [-0.1, -0.05) is 6.07 Å². The minimum atomic E-state index is 0.464. The van der Waals surface area contributed by atoms with Gasteiger partial charge < -0.3 is 20.8 Å². The molecule has 0 atom stereocenters. The number of hydrogen-bond acceptors (Lipinski definition) is 6. The molecule has 0 saturated carbocycles. The summed E-state index contributed by atoms with van der Waals surface area (Å²) in [7, 11) is 1.55. The van der Waals surface area contributed by atoms with E-state index in [-0.39, 0.29) is 0 Å². The number of ether oxygens (including phenoxy) is 1. The number of rotatable bonds is 4. The Kier molecular flexibility index (Phi) is 4.89. The molecular weight excluding hydrogens is 322 g/mol. The average molecular weight is 336 g/mol. The summed E-state index contributed by atoms with van der Waals surface area (Å²) in [5.41, 5.74) is 1.06. The molecule has 104 valence electrons. The van der Waals surface area contributed by atoms with Crippen molar-refractivity contribution in [2.24, 2.45) is 4.99 Å². The van der Waals surface area contributed by atoms with Gasteiger partial charge in [-0.25, -0.2) is 0 Å². The van der Waals surface area contributed by atoms with Crippen LogP contribution in [0.2, 0.25) is 0 Å². The average Bonchev–Trinajstić information content (AvgIpc) is 2.52. The van der Waals surface area contributed by atoms with E-state index in [2.05, 4.69) is 36.5 Å². The maximum atomic E-state index is 7.24. The van der Waals surface area contributed by atoms with Gasteiger partial charge in [-0.15, -0.1) is 0 Å². The van der Waals surface area contributed by atoms with Crippen LogP contribution in [0, 0.1) is 5.41 Å². The van der Waals surface area contributed by atoms with Crippen LogP contribution >= 0.6 is 15.9 Å². The Morgan fingerprint density at radius 3 is 3.10 bits per heavy atom. The number of halogens is 1. The molecule has 0 amide bonds. The SMILES string of the molecule is COC1=N/C(=C(\Br)C=N)NC(NCc2cccnc2)=C1.